The Morgan fingerprint density at radius 3 is 2.28 bits per heavy atom. The summed E-state index contributed by atoms with van der Waals surface area (Å²) < 4.78 is 37.7. The number of likely N-dealkylation sites (tertiary alicyclic amines) is 1. The predicted molar refractivity (Wildman–Crippen MR) is 61.9 cm³/mol. The van der Waals surface area contributed by atoms with E-state index in [1.54, 1.807) is 0 Å². The Kier molecular flexibility index (Phi) is 4.61. The maximum Gasteiger partial charge on any atom is 0.415 e. The lowest BCUT2D eigenvalue weighted by atomic mass is 9.99. The molecule has 0 aromatic carbocycles. The van der Waals surface area contributed by atoms with Crippen LogP contribution >= 0.6 is 0 Å². The lowest BCUT2D eigenvalue weighted by Crippen LogP contribution is -2.63. The Bertz CT molecular complexity index is 296. The lowest BCUT2D eigenvalue weighted by molar-refractivity contribution is -0.187. The third kappa shape index (κ3) is 3.35. The molecular weight excluding hydrogens is 247 g/mol. The highest BCUT2D eigenvalue weighted by atomic mass is 19.4. The van der Waals surface area contributed by atoms with E-state index in [1.807, 2.05) is 6.92 Å². The number of nitrogens with zero attached hydrogens (tertiary/aromatic N) is 1. The Labute approximate surface area is 105 Å². The van der Waals surface area contributed by atoms with E-state index in [4.69, 9.17) is 5.73 Å². The van der Waals surface area contributed by atoms with Crippen molar-refractivity contribution in [2.75, 3.05) is 19.6 Å². The molecule has 0 aliphatic carbocycles. The molecule has 1 atom stereocenters. The fraction of sp³-hybridized carbons (Fsp3) is 0.909. The van der Waals surface area contributed by atoms with E-state index in [-0.39, 0.29) is 6.04 Å². The maximum absolute atomic E-state index is 12.6. The number of hydrogen-bond donors (Lipinski definition) is 2. The van der Waals surface area contributed by atoms with Crippen LogP contribution in [0.2, 0.25) is 0 Å². The molecule has 1 saturated heterocycles. The van der Waals surface area contributed by atoms with Crippen molar-refractivity contribution in [2.24, 2.45) is 5.73 Å². The number of hydrogen-bond acceptors (Lipinski definition) is 3. The minimum Gasteiger partial charge on any atom is -0.351 e. The summed E-state index contributed by atoms with van der Waals surface area (Å²) >= 11 is 0. The smallest absolute Gasteiger partial charge is 0.351 e. The van der Waals surface area contributed by atoms with Crippen LogP contribution in [-0.4, -0.2) is 48.2 Å². The molecule has 0 bridgehead atoms. The summed E-state index contributed by atoms with van der Waals surface area (Å²) in [6.45, 7) is 5.21. The number of alkyl halides is 3. The van der Waals surface area contributed by atoms with Gasteiger partial charge in [-0.1, -0.05) is 6.92 Å². The summed E-state index contributed by atoms with van der Waals surface area (Å²) in [6, 6.07) is -0.217. The number of piperidine rings is 1. The number of carbonyl (C=O) groups is 1. The van der Waals surface area contributed by atoms with Crippen molar-refractivity contribution < 1.29 is 18.0 Å². The van der Waals surface area contributed by atoms with Crippen LogP contribution in [0.4, 0.5) is 13.2 Å². The molecule has 1 fully saturated rings. The van der Waals surface area contributed by atoms with Crippen LogP contribution in [0, 0.1) is 0 Å². The van der Waals surface area contributed by atoms with Gasteiger partial charge in [0, 0.05) is 19.1 Å². The van der Waals surface area contributed by atoms with Crippen molar-refractivity contribution in [2.45, 2.75) is 44.4 Å². The minimum atomic E-state index is -4.73. The van der Waals surface area contributed by atoms with Gasteiger partial charge in [-0.25, -0.2) is 0 Å². The molecule has 4 nitrogen and oxygen atoms in total. The Morgan fingerprint density at radius 1 is 1.39 bits per heavy atom. The van der Waals surface area contributed by atoms with Gasteiger partial charge in [-0.15, -0.1) is 0 Å². The topological polar surface area (TPSA) is 58.4 Å². The number of rotatable bonds is 3. The highest BCUT2D eigenvalue weighted by Crippen LogP contribution is 2.28. The zero-order valence-electron chi connectivity index (χ0n) is 10.7. The maximum atomic E-state index is 12.6. The molecule has 1 aliphatic rings. The van der Waals surface area contributed by atoms with Crippen LogP contribution in [0.3, 0.4) is 0 Å². The third-order valence-corrected chi connectivity index (χ3v) is 3.43. The second-order valence-electron chi connectivity index (χ2n) is 4.88. The normalized spacial score (nSPS) is 22.6. The van der Waals surface area contributed by atoms with Gasteiger partial charge < -0.3 is 16.0 Å². The van der Waals surface area contributed by atoms with Crippen LogP contribution in [0.5, 0.6) is 0 Å². The summed E-state index contributed by atoms with van der Waals surface area (Å²) in [6.07, 6.45) is -3.41. The van der Waals surface area contributed by atoms with Crippen molar-refractivity contribution in [3.8, 4) is 0 Å². The standard InChI is InChI=1S/C11H20F3N3O/c1-3-17-6-4-8(5-7-17)16-9(18)10(2,15)11(12,13)14/h8H,3-7,15H2,1-2H3,(H,16,18). The predicted octanol–water partition coefficient (Wildman–Crippen LogP) is 0.867. The number of nitrogens with two attached hydrogens (primary N) is 1. The molecule has 0 aromatic rings. The van der Waals surface area contributed by atoms with Gasteiger partial charge >= 0.3 is 6.18 Å². The van der Waals surface area contributed by atoms with Gasteiger partial charge in [0.1, 0.15) is 0 Å². The molecule has 0 aromatic heterocycles. The Balaban J connectivity index is 2.51. The minimum absolute atomic E-state index is 0.217. The molecule has 18 heavy (non-hydrogen) atoms. The van der Waals surface area contributed by atoms with Crippen LogP contribution in [-0.2, 0) is 4.79 Å². The highest BCUT2D eigenvalue weighted by Gasteiger charge is 2.54. The molecule has 7 heteroatoms. The second-order valence-corrected chi connectivity index (χ2v) is 4.88. The molecule has 1 amide bonds. The van der Waals surface area contributed by atoms with Crippen molar-refractivity contribution in [1.29, 1.82) is 0 Å². The van der Waals surface area contributed by atoms with Crippen LogP contribution in [0.25, 0.3) is 0 Å². The van der Waals surface area contributed by atoms with Crippen molar-refractivity contribution in [3.05, 3.63) is 0 Å². The monoisotopic (exact) mass is 267 g/mol. The van der Waals surface area contributed by atoms with E-state index in [0.29, 0.717) is 19.8 Å². The number of halogens is 3. The van der Waals surface area contributed by atoms with Gasteiger partial charge in [0.15, 0.2) is 5.54 Å². The number of nitrogens with one attached hydrogen (secondary N) is 1. The molecule has 1 rings (SSSR count). The van der Waals surface area contributed by atoms with E-state index < -0.39 is 17.6 Å². The zero-order chi connectivity index (χ0) is 14.0. The van der Waals surface area contributed by atoms with Gasteiger partial charge in [0.2, 0.25) is 5.91 Å². The van der Waals surface area contributed by atoms with E-state index in [0.717, 1.165) is 19.6 Å². The molecule has 106 valence electrons. The first-order chi connectivity index (χ1) is 8.18. The van der Waals surface area contributed by atoms with E-state index in [9.17, 15) is 18.0 Å². The first-order valence-electron chi connectivity index (χ1n) is 6.07. The quantitative estimate of drug-likeness (QED) is 0.797. The largest absolute Gasteiger partial charge is 0.415 e. The van der Waals surface area contributed by atoms with Crippen LogP contribution in [0.1, 0.15) is 26.7 Å². The first kappa shape index (κ1) is 15.2. The molecule has 1 heterocycles. The van der Waals surface area contributed by atoms with E-state index >= 15 is 0 Å². The molecule has 3 N–H and O–H groups in total. The summed E-state index contributed by atoms with van der Waals surface area (Å²) in [5.74, 6) is -1.15. The average molecular weight is 267 g/mol. The van der Waals surface area contributed by atoms with Crippen molar-refractivity contribution in [1.82, 2.24) is 10.2 Å². The zero-order valence-corrected chi connectivity index (χ0v) is 10.7. The summed E-state index contributed by atoms with van der Waals surface area (Å²) in [5.41, 5.74) is 2.24. The van der Waals surface area contributed by atoms with Gasteiger partial charge in [-0.05, 0) is 26.3 Å². The fourth-order valence-corrected chi connectivity index (χ4v) is 1.86. The van der Waals surface area contributed by atoms with Crippen LogP contribution in [0.15, 0.2) is 0 Å². The summed E-state index contributed by atoms with van der Waals surface area (Å²) in [5, 5.41) is 2.40. The van der Waals surface area contributed by atoms with Crippen molar-refractivity contribution >= 4 is 5.91 Å². The number of carbonyl (C=O) groups excluding carboxylic acids is 1. The van der Waals surface area contributed by atoms with Crippen LogP contribution < -0.4 is 11.1 Å². The summed E-state index contributed by atoms with van der Waals surface area (Å²) in [4.78, 5) is 13.7. The van der Waals surface area contributed by atoms with Gasteiger partial charge in [0.25, 0.3) is 0 Å². The number of amides is 1. The van der Waals surface area contributed by atoms with Gasteiger partial charge in [-0.2, -0.15) is 13.2 Å². The van der Waals surface area contributed by atoms with Gasteiger partial charge in [-0.3, -0.25) is 4.79 Å². The highest BCUT2D eigenvalue weighted by molar-refractivity contribution is 5.86. The summed E-state index contributed by atoms with van der Waals surface area (Å²) in [7, 11) is 0. The molecule has 0 saturated carbocycles. The SMILES string of the molecule is CCN1CCC(NC(=O)C(C)(N)C(F)(F)F)CC1. The Hall–Kier alpha value is -0.820. The van der Waals surface area contributed by atoms with E-state index in [2.05, 4.69) is 10.2 Å². The lowest BCUT2D eigenvalue weighted by Gasteiger charge is -2.34. The van der Waals surface area contributed by atoms with E-state index in [1.165, 1.54) is 0 Å². The van der Waals surface area contributed by atoms with Crippen molar-refractivity contribution in [3.63, 3.8) is 0 Å². The second kappa shape index (κ2) is 5.44. The molecular formula is C11H20F3N3O. The molecule has 1 aliphatic heterocycles. The molecule has 0 spiro atoms. The fourth-order valence-electron chi connectivity index (χ4n) is 1.86. The average Bonchev–Trinajstić information content (AvgIpc) is 2.28. The Morgan fingerprint density at radius 2 is 1.89 bits per heavy atom. The third-order valence-electron chi connectivity index (χ3n) is 3.43. The molecule has 1 unspecified atom stereocenters. The first-order valence-corrected chi connectivity index (χ1v) is 6.07. The molecule has 0 radical (unpaired) electrons. The van der Waals surface area contributed by atoms with Gasteiger partial charge in [0.05, 0.1) is 0 Å².